The molecule has 1 aromatic carbocycles. The molecule has 0 atom stereocenters. The molecule has 19 heavy (non-hydrogen) atoms. The van der Waals surface area contributed by atoms with Gasteiger partial charge in [0.15, 0.2) is 5.69 Å². The van der Waals surface area contributed by atoms with Gasteiger partial charge in [-0.1, -0.05) is 40.9 Å². The summed E-state index contributed by atoms with van der Waals surface area (Å²) in [5.41, 5.74) is 0.0405. The van der Waals surface area contributed by atoms with Crippen molar-refractivity contribution < 1.29 is 14.3 Å². The molecule has 0 unspecified atom stereocenters. The van der Waals surface area contributed by atoms with Gasteiger partial charge in [-0.25, -0.2) is 9.78 Å². The SMILES string of the molecule is O=C(O)c1nc(F)ccc1-c1ccc(Cl)c(Cl)c1Cl. The van der Waals surface area contributed by atoms with Gasteiger partial charge in [-0.15, -0.1) is 0 Å². The summed E-state index contributed by atoms with van der Waals surface area (Å²) in [6, 6.07) is 5.29. The Bertz CT molecular complexity index is 676. The molecule has 2 aromatic rings. The molecule has 98 valence electrons. The average Bonchev–Trinajstić information content (AvgIpc) is 2.37. The third kappa shape index (κ3) is 2.66. The molecular formula is C12H5Cl3FNO2. The van der Waals surface area contributed by atoms with Crippen LogP contribution in [-0.4, -0.2) is 16.1 Å². The molecule has 0 bridgehead atoms. The van der Waals surface area contributed by atoms with Crippen LogP contribution in [-0.2, 0) is 0 Å². The van der Waals surface area contributed by atoms with E-state index in [1.165, 1.54) is 18.2 Å². The minimum atomic E-state index is -1.36. The van der Waals surface area contributed by atoms with Crippen LogP contribution in [0.3, 0.4) is 0 Å². The molecule has 0 amide bonds. The Balaban J connectivity index is 2.72. The molecule has 1 aromatic heterocycles. The maximum Gasteiger partial charge on any atom is 0.355 e. The quantitative estimate of drug-likeness (QED) is 0.652. The Morgan fingerprint density at radius 3 is 2.32 bits per heavy atom. The van der Waals surface area contributed by atoms with E-state index in [1.54, 1.807) is 0 Å². The number of nitrogens with zero attached hydrogens (tertiary/aromatic N) is 1. The monoisotopic (exact) mass is 319 g/mol. The van der Waals surface area contributed by atoms with Crippen molar-refractivity contribution in [3.8, 4) is 11.1 Å². The van der Waals surface area contributed by atoms with E-state index < -0.39 is 17.6 Å². The predicted molar refractivity (Wildman–Crippen MR) is 71.6 cm³/mol. The van der Waals surface area contributed by atoms with Gasteiger partial charge in [0.25, 0.3) is 0 Å². The molecule has 2 rings (SSSR count). The van der Waals surface area contributed by atoms with Gasteiger partial charge >= 0.3 is 5.97 Å². The molecule has 0 spiro atoms. The number of aromatic nitrogens is 1. The van der Waals surface area contributed by atoms with Crippen molar-refractivity contribution in [1.82, 2.24) is 4.98 Å². The number of halogens is 4. The predicted octanol–water partition coefficient (Wildman–Crippen LogP) is 4.55. The highest BCUT2D eigenvalue weighted by Crippen LogP contribution is 2.38. The van der Waals surface area contributed by atoms with Crippen molar-refractivity contribution in [2.75, 3.05) is 0 Å². The highest BCUT2D eigenvalue weighted by molar-refractivity contribution is 6.49. The van der Waals surface area contributed by atoms with Crippen LogP contribution in [0.4, 0.5) is 4.39 Å². The second-order valence-corrected chi connectivity index (χ2v) is 4.72. The van der Waals surface area contributed by atoms with E-state index in [2.05, 4.69) is 4.98 Å². The summed E-state index contributed by atoms with van der Waals surface area (Å²) in [4.78, 5) is 14.4. The van der Waals surface area contributed by atoms with E-state index in [0.717, 1.165) is 6.07 Å². The zero-order chi connectivity index (χ0) is 14.2. The number of pyridine rings is 1. The lowest BCUT2D eigenvalue weighted by Gasteiger charge is -2.09. The van der Waals surface area contributed by atoms with Crippen LogP contribution in [0, 0.1) is 5.95 Å². The van der Waals surface area contributed by atoms with Crippen LogP contribution in [0.2, 0.25) is 15.1 Å². The van der Waals surface area contributed by atoms with Crippen molar-refractivity contribution in [2.45, 2.75) is 0 Å². The molecule has 0 aliphatic rings. The van der Waals surface area contributed by atoms with Crippen molar-refractivity contribution in [3.63, 3.8) is 0 Å². The Morgan fingerprint density at radius 1 is 1.05 bits per heavy atom. The lowest BCUT2D eigenvalue weighted by molar-refractivity contribution is 0.0690. The molecular weight excluding hydrogens is 315 g/mol. The van der Waals surface area contributed by atoms with E-state index >= 15 is 0 Å². The number of rotatable bonds is 2. The van der Waals surface area contributed by atoms with E-state index in [-0.39, 0.29) is 20.6 Å². The standard InChI is InChI=1S/C12H5Cl3FNO2/c13-7-3-1-5(9(14)10(7)15)6-2-4-8(16)17-11(6)12(18)19/h1-4H,(H,18,19). The molecule has 0 saturated carbocycles. The number of benzene rings is 1. The van der Waals surface area contributed by atoms with E-state index in [9.17, 15) is 9.18 Å². The molecule has 0 radical (unpaired) electrons. The molecule has 0 saturated heterocycles. The molecule has 1 heterocycles. The number of hydrogen-bond acceptors (Lipinski definition) is 2. The lowest BCUT2D eigenvalue weighted by atomic mass is 10.0. The number of carbonyl (C=O) groups is 1. The van der Waals surface area contributed by atoms with Gasteiger partial charge in [0.05, 0.1) is 15.1 Å². The van der Waals surface area contributed by atoms with Crippen LogP contribution in [0.1, 0.15) is 10.5 Å². The summed E-state index contributed by atoms with van der Waals surface area (Å²) in [5.74, 6) is -2.26. The first-order valence-corrected chi connectivity index (χ1v) is 6.09. The summed E-state index contributed by atoms with van der Waals surface area (Å²) in [6.45, 7) is 0. The first-order chi connectivity index (χ1) is 8.91. The minimum Gasteiger partial charge on any atom is -0.476 e. The summed E-state index contributed by atoms with van der Waals surface area (Å²) in [5, 5.41) is 9.46. The van der Waals surface area contributed by atoms with E-state index in [1.807, 2.05) is 0 Å². The number of hydrogen-bond donors (Lipinski definition) is 1. The van der Waals surface area contributed by atoms with Gasteiger partial charge in [-0.05, 0) is 18.2 Å². The lowest BCUT2D eigenvalue weighted by Crippen LogP contribution is -2.05. The average molecular weight is 321 g/mol. The normalized spacial score (nSPS) is 10.5. The highest BCUT2D eigenvalue weighted by Gasteiger charge is 2.18. The Labute approximate surface area is 122 Å². The third-order valence-corrected chi connectivity index (χ3v) is 3.68. The first-order valence-electron chi connectivity index (χ1n) is 4.95. The number of aromatic carboxylic acids is 1. The Morgan fingerprint density at radius 2 is 1.68 bits per heavy atom. The van der Waals surface area contributed by atoms with Gasteiger partial charge in [0.2, 0.25) is 5.95 Å². The molecule has 0 aliphatic heterocycles. The van der Waals surface area contributed by atoms with Gasteiger partial charge in [-0.2, -0.15) is 4.39 Å². The Kier molecular flexibility index (Phi) is 3.94. The minimum absolute atomic E-state index is 0.0880. The maximum atomic E-state index is 13.0. The van der Waals surface area contributed by atoms with Crippen LogP contribution in [0.5, 0.6) is 0 Å². The molecule has 0 aliphatic carbocycles. The molecule has 3 nitrogen and oxygen atoms in total. The third-order valence-electron chi connectivity index (χ3n) is 2.39. The molecule has 7 heteroatoms. The van der Waals surface area contributed by atoms with Gasteiger partial charge in [0.1, 0.15) is 0 Å². The smallest absolute Gasteiger partial charge is 0.355 e. The zero-order valence-electron chi connectivity index (χ0n) is 9.12. The summed E-state index contributed by atoms with van der Waals surface area (Å²) < 4.78 is 13.0. The molecule has 0 fully saturated rings. The second-order valence-electron chi connectivity index (χ2n) is 3.56. The number of carboxylic acid groups (broad SMARTS) is 1. The summed E-state index contributed by atoms with van der Waals surface area (Å²) in [6.07, 6.45) is 0. The molecule has 1 N–H and O–H groups in total. The van der Waals surface area contributed by atoms with Crippen LogP contribution in [0.15, 0.2) is 24.3 Å². The fourth-order valence-corrected chi connectivity index (χ4v) is 2.19. The summed E-state index contributed by atoms with van der Waals surface area (Å²) in [7, 11) is 0. The zero-order valence-corrected chi connectivity index (χ0v) is 11.4. The van der Waals surface area contributed by atoms with E-state index in [4.69, 9.17) is 39.9 Å². The highest BCUT2D eigenvalue weighted by atomic mass is 35.5. The van der Waals surface area contributed by atoms with Crippen molar-refractivity contribution in [2.24, 2.45) is 0 Å². The maximum absolute atomic E-state index is 13.0. The Hall–Kier alpha value is -1.36. The van der Waals surface area contributed by atoms with Crippen LogP contribution in [0.25, 0.3) is 11.1 Å². The van der Waals surface area contributed by atoms with Crippen LogP contribution < -0.4 is 0 Å². The van der Waals surface area contributed by atoms with Gasteiger partial charge in [-0.3, -0.25) is 0 Å². The van der Waals surface area contributed by atoms with Crippen molar-refractivity contribution >= 4 is 40.8 Å². The summed E-state index contributed by atoms with van der Waals surface area (Å²) >= 11 is 17.7. The largest absolute Gasteiger partial charge is 0.476 e. The van der Waals surface area contributed by atoms with E-state index in [0.29, 0.717) is 5.56 Å². The van der Waals surface area contributed by atoms with Gasteiger partial charge in [0, 0.05) is 11.1 Å². The number of carboxylic acids is 1. The van der Waals surface area contributed by atoms with Gasteiger partial charge < -0.3 is 5.11 Å². The first kappa shape index (κ1) is 14.1. The van der Waals surface area contributed by atoms with Crippen molar-refractivity contribution in [3.05, 3.63) is 51.0 Å². The topological polar surface area (TPSA) is 50.2 Å². The van der Waals surface area contributed by atoms with Crippen molar-refractivity contribution in [1.29, 1.82) is 0 Å². The second kappa shape index (κ2) is 5.33. The fourth-order valence-electron chi connectivity index (χ4n) is 1.55. The van der Waals surface area contributed by atoms with Crippen LogP contribution >= 0.6 is 34.8 Å². The fraction of sp³-hybridized carbons (Fsp3) is 0.